The molecule has 0 aliphatic rings. The molecule has 2 N–H and O–H groups in total. The summed E-state index contributed by atoms with van der Waals surface area (Å²) in [6, 6.07) is 2.62. The van der Waals surface area contributed by atoms with Crippen molar-refractivity contribution >= 4 is 29.2 Å². The lowest BCUT2D eigenvalue weighted by Gasteiger charge is -2.05. The molecule has 0 aliphatic carbocycles. The first-order valence-corrected chi connectivity index (χ1v) is 5.75. The van der Waals surface area contributed by atoms with Crippen molar-refractivity contribution in [2.75, 3.05) is 5.32 Å². The topological polar surface area (TPSA) is 96.9 Å². The lowest BCUT2D eigenvalue weighted by Crippen LogP contribution is -2.34. The minimum absolute atomic E-state index is 0.319. The van der Waals surface area contributed by atoms with Gasteiger partial charge in [-0.1, -0.05) is 4.49 Å². The fraction of sp³-hybridized carbons (Fsp3) is 0.100. The van der Waals surface area contributed by atoms with Gasteiger partial charge < -0.3 is 5.32 Å². The van der Waals surface area contributed by atoms with E-state index < -0.39 is 11.9 Å². The van der Waals surface area contributed by atoms with Crippen LogP contribution >= 0.6 is 11.5 Å². The van der Waals surface area contributed by atoms with Gasteiger partial charge in [-0.3, -0.25) is 15.1 Å². The van der Waals surface area contributed by atoms with Gasteiger partial charge in [0, 0.05) is 18.1 Å². The number of hydrogen-bond donors (Lipinski definition) is 2. The van der Waals surface area contributed by atoms with Gasteiger partial charge in [0.05, 0.1) is 5.69 Å². The molecule has 0 spiro atoms. The van der Waals surface area contributed by atoms with Crippen LogP contribution in [0.25, 0.3) is 0 Å². The van der Waals surface area contributed by atoms with Crippen molar-refractivity contribution in [3.8, 4) is 0 Å². The van der Waals surface area contributed by atoms with Crippen LogP contribution in [-0.2, 0) is 0 Å². The van der Waals surface area contributed by atoms with E-state index in [2.05, 4.69) is 25.2 Å². The number of anilines is 1. The molecule has 0 saturated heterocycles. The monoisotopic (exact) mass is 263 g/mol. The molecule has 18 heavy (non-hydrogen) atoms. The summed E-state index contributed by atoms with van der Waals surface area (Å²) in [4.78, 5) is 27.3. The quantitative estimate of drug-likeness (QED) is 0.848. The molecule has 0 aliphatic heterocycles. The van der Waals surface area contributed by atoms with Gasteiger partial charge in [-0.05, 0) is 30.6 Å². The van der Waals surface area contributed by atoms with E-state index in [-0.39, 0.29) is 0 Å². The van der Waals surface area contributed by atoms with Crippen molar-refractivity contribution in [2.45, 2.75) is 6.92 Å². The van der Waals surface area contributed by atoms with Gasteiger partial charge in [-0.15, -0.1) is 5.10 Å². The Labute approximate surface area is 106 Å². The van der Waals surface area contributed by atoms with E-state index in [9.17, 15) is 9.59 Å². The minimum Gasteiger partial charge on any atom is -0.308 e. The van der Waals surface area contributed by atoms with E-state index in [0.717, 1.165) is 11.5 Å². The smallest absolute Gasteiger partial charge is 0.308 e. The van der Waals surface area contributed by atoms with Gasteiger partial charge >= 0.3 is 6.03 Å². The Morgan fingerprint density at radius 1 is 1.28 bits per heavy atom. The van der Waals surface area contributed by atoms with Crippen LogP contribution in [0.4, 0.5) is 10.5 Å². The molecule has 0 atom stereocenters. The van der Waals surface area contributed by atoms with E-state index >= 15 is 0 Å². The normalized spacial score (nSPS) is 9.83. The van der Waals surface area contributed by atoms with Crippen LogP contribution in [0.15, 0.2) is 24.5 Å². The van der Waals surface area contributed by atoms with Crippen LogP contribution in [0.3, 0.4) is 0 Å². The van der Waals surface area contributed by atoms with Crippen molar-refractivity contribution in [1.29, 1.82) is 0 Å². The lowest BCUT2D eigenvalue weighted by atomic mass is 10.4. The number of rotatable bonds is 2. The summed E-state index contributed by atoms with van der Waals surface area (Å²) < 4.78 is 3.62. The molecule has 0 saturated carbocycles. The Morgan fingerprint density at radius 3 is 2.61 bits per heavy atom. The first-order valence-electron chi connectivity index (χ1n) is 4.98. The average molecular weight is 263 g/mol. The molecule has 3 amide bonds. The van der Waals surface area contributed by atoms with E-state index in [0.29, 0.717) is 16.3 Å². The zero-order valence-corrected chi connectivity index (χ0v) is 10.2. The zero-order valence-electron chi connectivity index (χ0n) is 9.38. The Bertz CT molecular complexity index is 569. The van der Waals surface area contributed by atoms with Gasteiger partial charge in [0.15, 0.2) is 0 Å². The molecule has 2 rings (SSSR count). The second-order valence-electron chi connectivity index (χ2n) is 3.33. The Balaban J connectivity index is 1.96. The molecule has 2 heterocycles. The van der Waals surface area contributed by atoms with E-state index in [1.165, 1.54) is 12.4 Å². The predicted octanol–water partition coefficient (Wildman–Crippen LogP) is 1.20. The van der Waals surface area contributed by atoms with Gasteiger partial charge in [-0.25, -0.2) is 4.79 Å². The summed E-state index contributed by atoms with van der Waals surface area (Å²) in [6.07, 6.45) is 3.07. The molecule has 0 fully saturated rings. The SMILES string of the molecule is Cc1nnsc1C(=O)NC(=O)Nc1ccncc1. The summed E-state index contributed by atoms with van der Waals surface area (Å²) >= 11 is 0.943. The van der Waals surface area contributed by atoms with Gasteiger partial charge in [0.2, 0.25) is 0 Å². The van der Waals surface area contributed by atoms with Gasteiger partial charge in [-0.2, -0.15) is 0 Å². The Hall–Kier alpha value is -2.35. The molecule has 0 aromatic carbocycles. The molecule has 0 radical (unpaired) electrons. The predicted molar refractivity (Wildman–Crippen MR) is 65.4 cm³/mol. The number of hydrogen-bond acceptors (Lipinski definition) is 6. The van der Waals surface area contributed by atoms with Gasteiger partial charge in [0.1, 0.15) is 4.88 Å². The van der Waals surface area contributed by atoms with Crippen LogP contribution in [0, 0.1) is 6.92 Å². The van der Waals surface area contributed by atoms with Crippen molar-refractivity contribution in [2.24, 2.45) is 0 Å². The molecule has 7 nitrogen and oxygen atoms in total. The molecule has 2 aromatic heterocycles. The first kappa shape index (κ1) is 12.1. The van der Waals surface area contributed by atoms with Crippen LogP contribution < -0.4 is 10.6 Å². The number of pyridine rings is 1. The second kappa shape index (κ2) is 5.32. The fourth-order valence-electron chi connectivity index (χ4n) is 1.20. The Morgan fingerprint density at radius 2 is 2.00 bits per heavy atom. The third-order valence-corrected chi connectivity index (χ3v) is 2.85. The molecular weight excluding hydrogens is 254 g/mol. The second-order valence-corrected chi connectivity index (χ2v) is 4.09. The number of aryl methyl sites for hydroxylation is 1. The molecule has 92 valence electrons. The number of imide groups is 1. The van der Waals surface area contributed by atoms with Crippen molar-refractivity contribution in [3.05, 3.63) is 35.1 Å². The van der Waals surface area contributed by atoms with E-state index in [4.69, 9.17) is 0 Å². The molecular formula is C10H9N5O2S. The van der Waals surface area contributed by atoms with E-state index in [1.807, 2.05) is 0 Å². The highest BCUT2D eigenvalue weighted by atomic mass is 32.1. The lowest BCUT2D eigenvalue weighted by molar-refractivity contribution is 0.0970. The molecule has 8 heteroatoms. The fourth-order valence-corrected chi connectivity index (χ4v) is 1.75. The summed E-state index contributed by atoms with van der Waals surface area (Å²) in [7, 11) is 0. The maximum Gasteiger partial charge on any atom is 0.326 e. The largest absolute Gasteiger partial charge is 0.326 e. The third-order valence-electron chi connectivity index (χ3n) is 2.02. The number of carbonyl (C=O) groups excluding carboxylic acids is 2. The van der Waals surface area contributed by atoms with Crippen molar-refractivity contribution < 1.29 is 9.59 Å². The highest BCUT2D eigenvalue weighted by Gasteiger charge is 2.15. The molecule has 0 unspecified atom stereocenters. The first-order chi connectivity index (χ1) is 8.66. The van der Waals surface area contributed by atoms with Crippen molar-refractivity contribution in [3.63, 3.8) is 0 Å². The summed E-state index contributed by atoms with van der Waals surface area (Å²) in [5.41, 5.74) is 1.05. The zero-order chi connectivity index (χ0) is 13.0. The number of carbonyl (C=O) groups is 2. The number of urea groups is 1. The highest BCUT2D eigenvalue weighted by Crippen LogP contribution is 2.08. The molecule has 2 aromatic rings. The van der Waals surface area contributed by atoms with Gasteiger partial charge in [0.25, 0.3) is 5.91 Å². The summed E-state index contributed by atoms with van der Waals surface area (Å²) in [5, 5.41) is 8.40. The number of nitrogens with one attached hydrogen (secondary N) is 2. The summed E-state index contributed by atoms with van der Waals surface area (Å²) in [6.45, 7) is 1.65. The Kier molecular flexibility index (Phi) is 3.58. The van der Waals surface area contributed by atoms with E-state index in [1.54, 1.807) is 19.1 Å². The number of nitrogens with zero attached hydrogens (tertiary/aromatic N) is 3. The van der Waals surface area contributed by atoms with Crippen LogP contribution in [0.1, 0.15) is 15.4 Å². The standard InChI is InChI=1S/C10H9N5O2S/c1-6-8(18-15-14-6)9(16)13-10(17)12-7-2-4-11-5-3-7/h2-5H,1H3,(H2,11,12,13,16,17). The van der Waals surface area contributed by atoms with Crippen molar-refractivity contribution in [1.82, 2.24) is 19.9 Å². The van der Waals surface area contributed by atoms with Crippen LogP contribution in [0.5, 0.6) is 0 Å². The third kappa shape index (κ3) is 2.86. The number of amides is 3. The van der Waals surface area contributed by atoms with Crippen LogP contribution in [0.2, 0.25) is 0 Å². The van der Waals surface area contributed by atoms with Crippen LogP contribution in [-0.4, -0.2) is 26.5 Å². The number of aromatic nitrogens is 3. The maximum atomic E-state index is 11.7. The highest BCUT2D eigenvalue weighted by molar-refractivity contribution is 7.08. The maximum absolute atomic E-state index is 11.7. The summed E-state index contributed by atoms with van der Waals surface area (Å²) in [5.74, 6) is -0.519. The average Bonchev–Trinajstić information content (AvgIpc) is 2.76. The minimum atomic E-state index is -0.612. The molecule has 0 bridgehead atoms.